The van der Waals surface area contributed by atoms with Gasteiger partial charge in [-0.05, 0) is 43.9 Å². The summed E-state index contributed by atoms with van der Waals surface area (Å²) in [6.45, 7) is 6.80. The quantitative estimate of drug-likeness (QED) is 0.554. The van der Waals surface area contributed by atoms with E-state index in [1.807, 2.05) is 6.07 Å². The van der Waals surface area contributed by atoms with Crippen molar-refractivity contribution in [1.29, 1.82) is 0 Å². The first kappa shape index (κ1) is 29.4. The molecule has 0 bridgehead atoms. The number of piperidine rings is 2. The van der Waals surface area contributed by atoms with Crippen LogP contribution in [0.3, 0.4) is 0 Å². The Morgan fingerprint density at radius 3 is 1.46 bits per heavy atom. The molecule has 0 atom stereocenters. The highest BCUT2D eigenvalue weighted by atomic mass is 32.2. The molecule has 1 saturated carbocycles. The lowest BCUT2D eigenvalue weighted by atomic mass is 10.1. The Kier molecular flexibility index (Phi) is 9.68. The van der Waals surface area contributed by atoms with E-state index in [1.165, 1.54) is 10.5 Å². The Morgan fingerprint density at radius 1 is 0.590 bits per heavy atom. The SMILES string of the molecule is O=S(=O)(N1CCCCC1)N1CCC[NH+](Cc2ccccc2)CCCN(S(=O)(=O)N2CCCCC2)CC2(CC2)C1. The van der Waals surface area contributed by atoms with Crippen LogP contribution in [0.2, 0.25) is 0 Å². The molecule has 0 radical (unpaired) electrons. The summed E-state index contributed by atoms with van der Waals surface area (Å²) in [5.41, 5.74) is 0.980. The third-order valence-corrected chi connectivity index (χ3v) is 13.1. The number of hydrogen-bond acceptors (Lipinski definition) is 4. The number of nitrogens with one attached hydrogen (secondary N) is 1. The van der Waals surface area contributed by atoms with Crippen LogP contribution in [-0.2, 0) is 27.0 Å². The molecule has 0 unspecified atom stereocenters. The molecule has 1 aromatic rings. The maximum absolute atomic E-state index is 13.9. The van der Waals surface area contributed by atoms with Crippen molar-refractivity contribution in [3.05, 3.63) is 35.9 Å². The third-order valence-electron chi connectivity index (χ3n) is 9.09. The van der Waals surface area contributed by atoms with E-state index >= 15 is 0 Å². The molecular weight excluding hydrogens is 534 g/mol. The fraction of sp³-hybridized carbons (Fsp3) is 0.786. The van der Waals surface area contributed by atoms with Gasteiger partial charge in [-0.25, -0.2) is 0 Å². The molecule has 0 aromatic heterocycles. The minimum atomic E-state index is -3.58. The molecule has 220 valence electrons. The molecule has 1 aliphatic carbocycles. The van der Waals surface area contributed by atoms with Crippen molar-refractivity contribution in [2.75, 3.05) is 65.4 Å². The zero-order chi connectivity index (χ0) is 27.3. The van der Waals surface area contributed by atoms with Gasteiger partial charge in [-0.2, -0.15) is 34.1 Å². The maximum atomic E-state index is 13.9. The molecule has 3 heterocycles. The first-order valence-corrected chi connectivity index (χ1v) is 18.0. The fourth-order valence-electron chi connectivity index (χ4n) is 6.56. The van der Waals surface area contributed by atoms with Gasteiger partial charge < -0.3 is 4.90 Å². The molecule has 1 N–H and O–H groups in total. The number of nitrogens with zero attached hydrogens (tertiary/aromatic N) is 4. The molecule has 4 aliphatic rings. The van der Waals surface area contributed by atoms with Crippen LogP contribution in [0.5, 0.6) is 0 Å². The van der Waals surface area contributed by atoms with Gasteiger partial charge in [-0.15, -0.1) is 0 Å². The van der Waals surface area contributed by atoms with Crippen LogP contribution in [-0.4, -0.2) is 99.5 Å². The molecule has 5 rings (SSSR count). The number of quaternary nitrogens is 1. The first-order valence-electron chi connectivity index (χ1n) is 15.2. The van der Waals surface area contributed by atoms with Crippen molar-refractivity contribution < 1.29 is 21.7 Å². The molecule has 3 aliphatic heterocycles. The zero-order valence-corrected chi connectivity index (χ0v) is 25.1. The second-order valence-electron chi connectivity index (χ2n) is 12.2. The summed E-state index contributed by atoms with van der Waals surface area (Å²) in [5, 5.41) is 0. The van der Waals surface area contributed by atoms with Gasteiger partial charge in [0, 0.05) is 70.8 Å². The average molecular weight is 583 g/mol. The lowest BCUT2D eigenvalue weighted by Gasteiger charge is -2.37. The van der Waals surface area contributed by atoms with E-state index < -0.39 is 20.4 Å². The third kappa shape index (κ3) is 7.42. The van der Waals surface area contributed by atoms with Gasteiger partial charge in [0.15, 0.2) is 0 Å². The highest BCUT2D eigenvalue weighted by Crippen LogP contribution is 2.48. The van der Waals surface area contributed by atoms with Gasteiger partial charge in [-0.1, -0.05) is 43.2 Å². The van der Waals surface area contributed by atoms with E-state index in [0.29, 0.717) is 52.4 Å². The van der Waals surface area contributed by atoms with Crippen molar-refractivity contribution in [2.45, 2.75) is 70.8 Å². The Morgan fingerprint density at radius 2 is 1.03 bits per heavy atom. The average Bonchev–Trinajstić information content (AvgIpc) is 3.71. The second-order valence-corrected chi connectivity index (χ2v) is 16.1. The summed E-state index contributed by atoms with van der Waals surface area (Å²) in [5.74, 6) is 0. The Balaban J connectivity index is 1.39. The predicted molar refractivity (Wildman–Crippen MR) is 154 cm³/mol. The van der Waals surface area contributed by atoms with E-state index in [9.17, 15) is 16.8 Å². The number of benzene rings is 1. The summed E-state index contributed by atoms with van der Waals surface area (Å²) in [7, 11) is -7.15. The van der Waals surface area contributed by atoms with E-state index in [-0.39, 0.29) is 5.41 Å². The van der Waals surface area contributed by atoms with Crippen LogP contribution in [0.1, 0.15) is 69.8 Å². The molecular formula is C28H48N5O4S2+. The predicted octanol–water partition coefficient (Wildman–Crippen LogP) is 1.71. The monoisotopic (exact) mass is 582 g/mol. The standard InChI is InChI=1S/C28H47N5O4S2/c34-38(35,30-18-6-2-7-19-30)32-22-10-16-29(24-27-12-4-1-5-13-27)17-11-23-33(26-28(25-32)14-15-28)39(36,37)31-20-8-3-9-21-31/h1,4-5,12-13H,2-3,6-11,14-26H2/p+1. The number of rotatable bonds is 6. The normalized spacial score (nSPS) is 26.2. The molecule has 1 aromatic carbocycles. The van der Waals surface area contributed by atoms with Crippen LogP contribution in [0.15, 0.2) is 30.3 Å². The summed E-state index contributed by atoms with van der Waals surface area (Å²) in [6, 6.07) is 10.4. The lowest BCUT2D eigenvalue weighted by Crippen LogP contribution is -3.10. The fourth-order valence-corrected chi connectivity index (χ4v) is 10.2. The summed E-state index contributed by atoms with van der Waals surface area (Å²) in [6.07, 6.45) is 9.19. The van der Waals surface area contributed by atoms with Crippen molar-refractivity contribution in [2.24, 2.45) is 5.41 Å². The van der Waals surface area contributed by atoms with Crippen LogP contribution in [0.25, 0.3) is 0 Å². The van der Waals surface area contributed by atoms with E-state index in [1.54, 1.807) is 17.2 Å². The summed E-state index contributed by atoms with van der Waals surface area (Å²) >= 11 is 0. The minimum absolute atomic E-state index is 0.276. The van der Waals surface area contributed by atoms with Gasteiger partial charge >= 0.3 is 0 Å². The van der Waals surface area contributed by atoms with Crippen molar-refractivity contribution in [3.63, 3.8) is 0 Å². The van der Waals surface area contributed by atoms with E-state index in [2.05, 4.69) is 24.3 Å². The smallest absolute Gasteiger partial charge is 0.281 e. The van der Waals surface area contributed by atoms with E-state index in [0.717, 1.165) is 83.8 Å². The summed E-state index contributed by atoms with van der Waals surface area (Å²) < 4.78 is 62.3. The van der Waals surface area contributed by atoms with Gasteiger partial charge in [0.1, 0.15) is 6.54 Å². The van der Waals surface area contributed by atoms with Crippen LogP contribution < -0.4 is 4.90 Å². The first-order chi connectivity index (χ1) is 18.8. The van der Waals surface area contributed by atoms with Gasteiger partial charge in [0.25, 0.3) is 20.4 Å². The molecule has 11 heteroatoms. The minimum Gasteiger partial charge on any atom is -0.331 e. The highest BCUT2D eigenvalue weighted by Gasteiger charge is 2.50. The molecule has 1 spiro atoms. The summed E-state index contributed by atoms with van der Waals surface area (Å²) in [4.78, 5) is 1.38. The second kappa shape index (κ2) is 12.8. The molecule has 4 fully saturated rings. The van der Waals surface area contributed by atoms with E-state index in [4.69, 9.17) is 0 Å². The Bertz CT molecular complexity index is 1070. The largest absolute Gasteiger partial charge is 0.331 e. The van der Waals surface area contributed by atoms with Gasteiger partial charge in [-0.3, -0.25) is 0 Å². The molecule has 39 heavy (non-hydrogen) atoms. The molecule has 0 amide bonds. The van der Waals surface area contributed by atoms with Gasteiger partial charge in [0.2, 0.25) is 0 Å². The maximum Gasteiger partial charge on any atom is 0.281 e. The Labute approximate surface area is 236 Å². The molecule has 9 nitrogen and oxygen atoms in total. The van der Waals surface area contributed by atoms with Crippen LogP contribution in [0, 0.1) is 5.41 Å². The van der Waals surface area contributed by atoms with Crippen LogP contribution >= 0.6 is 0 Å². The van der Waals surface area contributed by atoms with Crippen molar-refractivity contribution >= 4 is 20.4 Å². The Hall–Kier alpha value is -1.08. The lowest BCUT2D eigenvalue weighted by molar-refractivity contribution is -0.914. The topological polar surface area (TPSA) is 85.7 Å². The zero-order valence-electron chi connectivity index (χ0n) is 23.5. The van der Waals surface area contributed by atoms with Crippen LogP contribution in [0.4, 0.5) is 0 Å². The van der Waals surface area contributed by atoms with Gasteiger partial charge in [0.05, 0.1) is 13.1 Å². The molecule has 3 saturated heterocycles. The van der Waals surface area contributed by atoms with Crippen molar-refractivity contribution in [3.8, 4) is 0 Å². The van der Waals surface area contributed by atoms with Crippen molar-refractivity contribution in [1.82, 2.24) is 17.2 Å². The number of hydrogen-bond donors (Lipinski definition) is 1. The highest BCUT2D eigenvalue weighted by molar-refractivity contribution is 7.87.